The largest absolute Gasteiger partial charge is 0.491 e. The van der Waals surface area contributed by atoms with Crippen molar-refractivity contribution in [3.05, 3.63) is 29.8 Å². The standard InChI is InChI=1S/C16H29N3O/c1-13(2)20-15-8-6-14(7-9-15)16(17)12-19(5)11-10-18(3)4/h6-9,13,16H,10-12,17H2,1-5H3. The molecule has 0 aliphatic rings. The van der Waals surface area contributed by atoms with Gasteiger partial charge in [0.15, 0.2) is 0 Å². The first-order chi connectivity index (χ1) is 9.38. The third-order valence-electron chi connectivity index (χ3n) is 3.12. The van der Waals surface area contributed by atoms with Gasteiger partial charge in [-0.2, -0.15) is 0 Å². The molecule has 0 heterocycles. The predicted molar refractivity (Wildman–Crippen MR) is 85.2 cm³/mol. The van der Waals surface area contributed by atoms with E-state index >= 15 is 0 Å². The molecule has 0 aliphatic carbocycles. The van der Waals surface area contributed by atoms with E-state index in [1.54, 1.807) is 0 Å². The van der Waals surface area contributed by atoms with Crippen LogP contribution in [0.4, 0.5) is 0 Å². The summed E-state index contributed by atoms with van der Waals surface area (Å²) in [5.74, 6) is 0.900. The molecule has 0 bridgehead atoms. The van der Waals surface area contributed by atoms with Crippen molar-refractivity contribution >= 4 is 0 Å². The van der Waals surface area contributed by atoms with Crippen LogP contribution in [0.5, 0.6) is 5.75 Å². The van der Waals surface area contributed by atoms with Crippen LogP contribution in [0.1, 0.15) is 25.5 Å². The second-order valence-electron chi connectivity index (χ2n) is 5.91. The van der Waals surface area contributed by atoms with Gasteiger partial charge < -0.3 is 20.3 Å². The van der Waals surface area contributed by atoms with Gasteiger partial charge in [0.25, 0.3) is 0 Å². The van der Waals surface area contributed by atoms with E-state index < -0.39 is 0 Å². The second-order valence-corrected chi connectivity index (χ2v) is 5.91. The van der Waals surface area contributed by atoms with Gasteiger partial charge in [0.1, 0.15) is 5.75 Å². The molecule has 4 nitrogen and oxygen atoms in total. The van der Waals surface area contributed by atoms with Crippen LogP contribution in [0.15, 0.2) is 24.3 Å². The molecule has 20 heavy (non-hydrogen) atoms. The van der Waals surface area contributed by atoms with Crippen molar-refractivity contribution in [2.75, 3.05) is 40.8 Å². The van der Waals surface area contributed by atoms with Crippen molar-refractivity contribution in [2.24, 2.45) is 5.73 Å². The van der Waals surface area contributed by atoms with Gasteiger partial charge in [-0.25, -0.2) is 0 Å². The molecule has 0 fully saturated rings. The minimum absolute atomic E-state index is 0.0373. The van der Waals surface area contributed by atoms with Gasteiger partial charge >= 0.3 is 0 Å². The van der Waals surface area contributed by atoms with Crippen LogP contribution in [-0.2, 0) is 0 Å². The van der Waals surface area contributed by atoms with Crippen LogP contribution in [-0.4, -0.2) is 56.7 Å². The molecule has 1 unspecified atom stereocenters. The molecule has 114 valence electrons. The summed E-state index contributed by atoms with van der Waals surface area (Å²) in [5, 5.41) is 0. The van der Waals surface area contributed by atoms with Gasteiger partial charge in [-0.15, -0.1) is 0 Å². The maximum atomic E-state index is 6.26. The molecule has 0 aromatic heterocycles. The van der Waals surface area contributed by atoms with E-state index in [1.165, 1.54) is 0 Å². The fourth-order valence-corrected chi connectivity index (χ4v) is 1.97. The number of ether oxygens (including phenoxy) is 1. The topological polar surface area (TPSA) is 41.7 Å². The minimum Gasteiger partial charge on any atom is -0.491 e. The third-order valence-corrected chi connectivity index (χ3v) is 3.12. The maximum Gasteiger partial charge on any atom is 0.119 e. The second kappa shape index (κ2) is 8.25. The lowest BCUT2D eigenvalue weighted by molar-refractivity contribution is 0.242. The molecule has 1 aromatic rings. The molecule has 0 radical (unpaired) electrons. The number of hydrogen-bond acceptors (Lipinski definition) is 4. The van der Waals surface area contributed by atoms with Crippen molar-refractivity contribution in [3.63, 3.8) is 0 Å². The molecule has 2 N–H and O–H groups in total. The lowest BCUT2D eigenvalue weighted by Crippen LogP contribution is -2.34. The highest BCUT2D eigenvalue weighted by Crippen LogP contribution is 2.18. The SMILES string of the molecule is CC(C)Oc1ccc(C(N)CN(C)CCN(C)C)cc1. The Balaban J connectivity index is 2.48. The number of hydrogen-bond donors (Lipinski definition) is 1. The Morgan fingerprint density at radius 1 is 1.05 bits per heavy atom. The van der Waals surface area contributed by atoms with E-state index in [4.69, 9.17) is 10.5 Å². The molecular formula is C16H29N3O. The van der Waals surface area contributed by atoms with Gasteiger partial charge in [-0.3, -0.25) is 0 Å². The molecular weight excluding hydrogens is 250 g/mol. The van der Waals surface area contributed by atoms with Crippen molar-refractivity contribution in [2.45, 2.75) is 26.0 Å². The van der Waals surface area contributed by atoms with Crippen molar-refractivity contribution in [1.29, 1.82) is 0 Å². The lowest BCUT2D eigenvalue weighted by atomic mass is 10.1. The summed E-state index contributed by atoms with van der Waals surface area (Å²) in [4.78, 5) is 4.45. The molecule has 1 atom stereocenters. The normalized spacial score (nSPS) is 13.2. The molecule has 0 spiro atoms. The van der Waals surface area contributed by atoms with Gasteiger partial charge in [0, 0.05) is 25.7 Å². The molecule has 0 saturated heterocycles. The number of rotatable bonds is 8. The van der Waals surface area contributed by atoms with Gasteiger partial charge in [-0.1, -0.05) is 12.1 Å². The summed E-state index contributed by atoms with van der Waals surface area (Å²) in [6.07, 6.45) is 0.201. The molecule has 0 amide bonds. The summed E-state index contributed by atoms with van der Waals surface area (Å²) >= 11 is 0. The molecule has 0 saturated carbocycles. The van der Waals surface area contributed by atoms with Crippen molar-refractivity contribution in [3.8, 4) is 5.75 Å². The number of benzene rings is 1. The number of nitrogens with two attached hydrogens (primary N) is 1. The van der Waals surface area contributed by atoms with Crippen LogP contribution in [0, 0.1) is 0 Å². The summed E-state index contributed by atoms with van der Waals surface area (Å²) in [6.45, 7) is 6.98. The molecule has 1 rings (SSSR count). The lowest BCUT2D eigenvalue weighted by Gasteiger charge is -2.23. The zero-order chi connectivity index (χ0) is 15.1. The molecule has 4 heteroatoms. The summed E-state index contributed by atoms with van der Waals surface area (Å²) in [7, 11) is 6.28. The molecule has 1 aromatic carbocycles. The summed E-state index contributed by atoms with van der Waals surface area (Å²) in [5.41, 5.74) is 7.41. The van der Waals surface area contributed by atoms with E-state index in [0.717, 1.165) is 30.9 Å². The highest BCUT2D eigenvalue weighted by molar-refractivity contribution is 5.29. The Morgan fingerprint density at radius 2 is 1.65 bits per heavy atom. The Bertz CT molecular complexity index is 376. The quantitative estimate of drug-likeness (QED) is 0.790. The zero-order valence-electron chi connectivity index (χ0n) is 13.5. The van der Waals surface area contributed by atoms with E-state index in [0.29, 0.717) is 0 Å². The third kappa shape index (κ3) is 6.37. The van der Waals surface area contributed by atoms with Gasteiger partial charge in [-0.05, 0) is 52.7 Å². The molecule has 0 aliphatic heterocycles. The minimum atomic E-state index is 0.0373. The van der Waals surface area contributed by atoms with Crippen LogP contribution in [0.2, 0.25) is 0 Å². The summed E-state index contributed by atoms with van der Waals surface area (Å²) < 4.78 is 5.64. The Labute approximate surface area is 123 Å². The average molecular weight is 279 g/mol. The number of likely N-dealkylation sites (N-methyl/N-ethyl adjacent to an activating group) is 2. The van der Waals surface area contributed by atoms with Crippen LogP contribution in [0.3, 0.4) is 0 Å². The predicted octanol–water partition coefficient (Wildman–Crippen LogP) is 1.97. The maximum absolute atomic E-state index is 6.26. The summed E-state index contributed by atoms with van der Waals surface area (Å²) in [6, 6.07) is 8.14. The first-order valence-corrected chi connectivity index (χ1v) is 7.24. The highest BCUT2D eigenvalue weighted by Gasteiger charge is 2.10. The fraction of sp³-hybridized carbons (Fsp3) is 0.625. The van der Waals surface area contributed by atoms with Gasteiger partial charge in [0.2, 0.25) is 0 Å². The Morgan fingerprint density at radius 3 is 2.15 bits per heavy atom. The van der Waals surface area contributed by atoms with E-state index in [2.05, 4.69) is 43.1 Å². The number of nitrogens with zero attached hydrogens (tertiary/aromatic N) is 2. The first kappa shape index (κ1) is 17.0. The monoisotopic (exact) mass is 279 g/mol. The zero-order valence-corrected chi connectivity index (χ0v) is 13.5. The fourth-order valence-electron chi connectivity index (χ4n) is 1.97. The van der Waals surface area contributed by atoms with Crippen LogP contribution < -0.4 is 10.5 Å². The van der Waals surface area contributed by atoms with Crippen molar-refractivity contribution in [1.82, 2.24) is 9.80 Å². The van der Waals surface area contributed by atoms with Crippen LogP contribution in [0.25, 0.3) is 0 Å². The van der Waals surface area contributed by atoms with E-state index in [9.17, 15) is 0 Å². The average Bonchev–Trinajstić information content (AvgIpc) is 2.36. The van der Waals surface area contributed by atoms with Crippen molar-refractivity contribution < 1.29 is 4.74 Å². The van der Waals surface area contributed by atoms with Gasteiger partial charge in [0.05, 0.1) is 6.10 Å². The van der Waals surface area contributed by atoms with E-state index in [-0.39, 0.29) is 12.1 Å². The first-order valence-electron chi connectivity index (χ1n) is 7.24. The van der Waals surface area contributed by atoms with E-state index in [1.807, 2.05) is 26.0 Å². The Hall–Kier alpha value is -1.10. The Kier molecular flexibility index (Phi) is 6.99. The smallest absolute Gasteiger partial charge is 0.119 e. The van der Waals surface area contributed by atoms with Crippen LogP contribution >= 0.6 is 0 Å². The highest BCUT2D eigenvalue weighted by atomic mass is 16.5.